The molecule has 2 aromatic rings. The van der Waals surface area contributed by atoms with Crippen molar-refractivity contribution in [2.75, 3.05) is 0 Å². The number of non-ortho nitro benzene ring substituents is 1. The Balaban J connectivity index is 1.87. The lowest BCUT2D eigenvalue weighted by Crippen LogP contribution is -2.07. The van der Waals surface area contributed by atoms with Gasteiger partial charge in [-0.2, -0.15) is 0 Å². The molecule has 6 nitrogen and oxygen atoms in total. The molecule has 0 N–H and O–H groups in total. The lowest BCUT2D eigenvalue weighted by atomic mass is 10.1. The van der Waals surface area contributed by atoms with Crippen LogP contribution in [0, 0.1) is 10.1 Å². The fourth-order valence-corrected chi connectivity index (χ4v) is 3.08. The molecule has 2 aromatic carbocycles. The first-order valence-corrected chi connectivity index (χ1v) is 9.58. The van der Waals surface area contributed by atoms with Crippen LogP contribution in [0.15, 0.2) is 53.4 Å². The molecule has 142 valence electrons. The van der Waals surface area contributed by atoms with Crippen LogP contribution in [-0.2, 0) is 4.79 Å². The predicted octanol–water partition coefficient (Wildman–Crippen LogP) is 5.40. The van der Waals surface area contributed by atoms with Gasteiger partial charge in [0.15, 0.2) is 0 Å². The van der Waals surface area contributed by atoms with Crippen molar-refractivity contribution in [3.05, 3.63) is 64.2 Å². The van der Waals surface area contributed by atoms with Crippen molar-refractivity contribution in [2.24, 2.45) is 0 Å². The molecule has 0 heterocycles. The third-order valence-electron chi connectivity index (χ3n) is 3.81. The van der Waals surface area contributed by atoms with Gasteiger partial charge in [0, 0.05) is 29.0 Å². The molecule has 0 saturated heterocycles. The van der Waals surface area contributed by atoms with Gasteiger partial charge < -0.3 is 4.74 Å². The maximum Gasteiger partial charge on any atom is 0.311 e. The zero-order valence-corrected chi connectivity index (χ0v) is 15.9. The van der Waals surface area contributed by atoms with E-state index in [-0.39, 0.29) is 16.8 Å². The topological polar surface area (TPSA) is 86.5 Å². The van der Waals surface area contributed by atoms with Crippen molar-refractivity contribution >= 4 is 28.5 Å². The second kappa shape index (κ2) is 10.5. The second-order valence-corrected chi connectivity index (χ2v) is 7.00. The van der Waals surface area contributed by atoms with Gasteiger partial charge in [-0.05, 0) is 54.6 Å². The molecule has 0 aliphatic heterocycles. The third-order valence-corrected chi connectivity index (χ3v) is 4.74. The van der Waals surface area contributed by atoms with E-state index in [1.54, 1.807) is 24.3 Å². The molecule has 0 aromatic heterocycles. The van der Waals surface area contributed by atoms with Crippen LogP contribution in [0.1, 0.15) is 49.4 Å². The summed E-state index contributed by atoms with van der Waals surface area (Å²) in [5.41, 5.74) is 0.439. The summed E-state index contributed by atoms with van der Waals surface area (Å²) in [7, 11) is 0. The fourth-order valence-electron chi connectivity index (χ4n) is 2.34. The monoisotopic (exact) mass is 387 g/mol. The number of carbonyl (C=O) groups is 2. The molecular formula is C20H21NO5S. The van der Waals surface area contributed by atoms with Crippen molar-refractivity contribution in [1.29, 1.82) is 0 Å². The zero-order chi connectivity index (χ0) is 19.6. The molecule has 0 aliphatic carbocycles. The average molecular weight is 387 g/mol. The Morgan fingerprint density at radius 2 is 1.67 bits per heavy atom. The van der Waals surface area contributed by atoms with Crippen LogP contribution in [0.5, 0.6) is 5.75 Å². The van der Waals surface area contributed by atoms with Crippen molar-refractivity contribution in [1.82, 2.24) is 0 Å². The molecular weight excluding hydrogens is 366 g/mol. The molecule has 0 saturated carbocycles. The van der Waals surface area contributed by atoms with E-state index in [2.05, 4.69) is 6.92 Å². The van der Waals surface area contributed by atoms with Crippen molar-refractivity contribution in [3.63, 3.8) is 0 Å². The zero-order valence-electron chi connectivity index (χ0n) is 15.1. The van der Waals surface area contributed by atoms with Gasteiger partial charge in [-0.1, -0.05) is 26.2 Å². The lowest BCUT2D eigenvalue weighted by Gasteiger charge is -2.05. The van der Waals surface area contributed by atoms with E-state index in [0.717, 1.165) is 37.4 Å². The van der Waals surface area contributed by atoms with E-state index in [1.165, 1.54) is 24.3 Å². The Hall–Kier alpha value is -2.67. The maximum atomic E-state index is 12.3. The molecule has 0 amide bonds. The molecule has 7 heteroatoms. The fraction of sp³-hybridized carbons (Fsp3) is 0.300. The Labute approximate surface area is 162 Å². The second-order valence-electron chi connectivity index (χ2n) is 5.95. The first-order chi connectivity index (χ1) is 13.0. The lowest BCUT2D eigenvalue weighted by molar-refractivity contribution is -0.384. The van der Waals surface area contributed by atoms with E-state index in [0.29, 0.717) is 22.6 Å². The van der Waals surface area contributed by atoms with Crippen LogP contribution in [0.25, 0.3) is 0 Å². The summed E-state index contributed by atoms with van der Waals surface area (Å²) < 4.78 is 5.26. The number of rotatable bonds is 9. The van der Waals surface area contributed by atoms with E-state index >= 15 is 0 Å². The van der Waals surface area contributed by atoms with Crippen molar-refractivity contribution in [3.8, 4) is 5.75 Å². The molecule has 0 aliphatic rings. The minimum absolute atomic E-state index is 0.0207. The highest BCUT2D eigenvalue weighted by Crippen LogP contribution is 2.26. The largest absolute Gasteiger partial charge is 0.427 e. The Kier molecular flexibility index (Phi) is 8.00. The third kappa shape index (κ3) is 6.86. The van der Waals surface area contributed by atoms with Gasteiger partial charge in [0.05, 0.1) is 4.92 Å². The maximum absolute atomic E-state index is 12.3. The molecule has 0 spiro atoms. The van der Waals surface area contributed by atoms with Crippen LogP contribution in [-0.4, -0.2) is 16.0 Å². The molecule has 0 radical (unpaired) electrons. The summed E-state index contributed by atoms with van der Waals surface area (Å²) in [6, 6.07) is 12.2. The summed E-state index contributed by atoms with van der Waals surface area (Å²) in [5.74, 6) is 0.137. The van der Waals surface area contributed by atoms with Crippen LogP contribution >= 0.6 is 11.8 Å². The molecule has 2 rings (SSSR count). The van der Waals surface area contributed by atoms with E-state index in [9.17, 15) is 19.7 Å². The highest BCUT2D eigenvalue weighted by molar-refractivity contribution is 8.14. The number of nitro groups is 1. The van der Waals surface area contributed by atoms with Crippen LogP contribution < -0.4 is 4.74 Å². The van der Waals surface area contributed by atoms with Crippen molar-refractivity contribution < 1.29 is 19.2 Å². The number of esters is 1. The van der Waals surface area contributed by atoms with Gasteiger partial charge in [0.25, 0.3) is 5.69 Å². The van der Waals surface area contributed by atoms with E-state index in [4.69, 9.17) is 4.74 Å². The number of benzene rings is 2. The normalized spacial score (nSPS) is 10.4. The number of hydrogen-bond donors (Lipinski definition) is 0. The van der Waals surface area contributed by atoms with Gasteiger partial charge in [-0.15, -0.1) is 0 Å². The van der Waals surface area contributed by atoms with Gasteiger partial charge in [-0.25, -0.2) is 0 Å². The summed E-state index contributed by atoms with van der Waals surface area (Å²) in [6.45, 7) is 2.11. The quantitative estimate of drug-likeness (QED) is 0.143. The minimum atomic E-state index is -0.486. The average Bonchev–Trinajstić information content (AvgIpc) is 2.66. The Morgan fingerprint density at radius 1 is 1.00 bits per heavy atom. The molecule has 0 atom stereocenters. The number of ether oxygens (including phenoxy) is 1. The van der Waals surface area contributed by atoms with E-state index < -0.39 is 4.92 Å². The SMILES string of the molecule is CCCCCCC(=O)Oc1ccc(C(=O)Sc2ccc([N+](=O)[O-])cc2)cc1. The minimum Gasteiger partial charge on any atom is -0.427 e. The smallest absolute Gasteiger partial charge is 0.311 e. The summed E-state index contributed by atoms with van der Waals surface area (Å²) in [4.78, 5) is 34.8. The Morgan fingerprint density at radius 3 is 2.26 bits per heavy atom. The van der Waals surface area contributed by atoms with Crippen molar-refractivity contribution in [2.45, 2.75) is 43.9 Å². The highest BCUT2D eigenvalue weighted by Gasteiger charge is 2.11. The van der Waals surface area contributed by atoms with Gasteiger partial charge in [0.1, 0.15) is 5.75 Å². The van der Waals surface area contributed by atoms with E-state index in [1.807, 2.05) is 0 Å². The van der Waals surface area contributed by atoms with Crippen LogP contribution in [0.2, 0.25) is 0 Å². The summed E-state index contributed by atoms with van der Waals surface area (Å²) in [5, 5.41) is 10.5. The highest BCUT2D eigenvalue weighted by atomic mass is 32.2. The number of nitro benzene ring substituents is 1. The Bertz CT molecular complexity index is 787. The molecule has 0 fully saturated rings. The predicted molar refractivity (Wildman–Crippen MR) is 104 cm³/mol. The number of nitrogens with zero attached hydrogens (tertiary/aromatic N) is 1. The first-order valence-electron chi connectivity index (χ1n) is 8.77. The number of carbonyl (C=O) groups excluding carboxylic acids is 2. The molecule has 0 bridgehead atoms. The van der Waals surface area contributed by atoms with Gasteiger partial charge in [-0.3, -0.25) is 19.7 Å². The van der Waals surface area contributed by atoms with Gasteiger partial charge in [0.2, 0.25) is 5.12 Å². The number of unbranched alkanes of at least 4 members (excludes halogenated alkanes) is 3. The molecule has 27 heavy (non-hydrogen) atoms. The van der Waals surface area contributed by atoms with Gasteiger partial charge >= 0.3 is 5.97 Å². The summed E-state index contributed by atoms with van der Waals surface area (Å²) in [6.07, 6.45) is 4.43. The van der Waals surface area contributed by atoms with Crippen LogP contribution in [0.3, 0.4) is 0 Å². The number of thioether (sulfide) groups is 1. The number of hydrogen-bond acceptors (Lipinski definition) is 6. The van der Waals surface area contributed by atoms with Crippen LogP contribution in [0.4, 0.5) is 5.69 Å². The standard InChI is InChI=1S/C20H21NO5S/c1-2-3-4-5-6-19(22)26-17-11-7-15(8-12-17)20(23)27-18-13-9-16(10-14-18)21(24)25/h7-14H,2-6H2,1H3. The molecule has 0 unspecified atom stereocenters. The summed E-state index contributed by atoms with van der Waals surface area (Å²) >= 11 is 0.983. The first kappa shape index (κ1) is 20.6.